The first-order chi connectivity index (χ1) is 6.75. The minimum absolute atomic E-state index is 1.09. The van der Waals surface area contributed by atoms with Crippen molar-refractivity contribution >= 4 is 12.3 Å². The molecule has 0 saturated carbocycles. The Bertz CT molecular complexity index is 314. The number of rotatable bonds is 2. The van der Waals surface area contributed by atoms with Gasteiger partial charge in [-0.25, -0.2) is 0 Å². The van der Waals surface area contributed by atoms with Crippen molar-refractivity contribution < 1.29 is 0 Å². The third-order valence-corrected chi connectivity index (χ3v) is 1.75. The van der Waals surface area contributed by atoms with Crippen LogP contribution in [0.4, 0.5) is 0 Å². The molecule has 0 aliphatic rings. The molecule has 0 aromatic carbocycles. The number of aromatic nitrogens is 1. The van der Waals surface area contributed by atoms with E-state index in [2.05, 4.69) is 23.6 Å². The highest BCUT2D eigenvalue weighted by atomic mass is 14.6. The second-order valence-electron chi connectivity index (χ2n) is 2.69. The summed E-state index contributed by atoms with van der Waals surface area (Å²) in [5, 5.41) is 0. The molecule has 14 heavy (non-hydrogen) atoms. The molecule has 1 rings (SSSR count). The van der Waals surface area contributed by atoms with Crippen molar-refractivity contribution in [2.24, 2.45) is 4.99 Å². The molecular weight excluding hydrogens is 172 g/mol. The number of nitrogens with zero attached hydrogens (tertiary/aromatic N) is 2. The molecule has 0 atom stereocenters. The maximum absolute atomic E-state index is 4.05. The molecule has 0 unspecified atom stereocenters. The van der Waals surface area contributed by atoms with Gasteiger partial charge in [0.25, 0.3) is 0 Å². The normalized spacial score (nSPS) is 10.1. The van der Waals surface area contributed by atoms with E-state index in [1.165, 1.54) is 5.56 Å². The highest BCUT2D eigenvalue weighted by molar-refractivity contribution is 5.65. The third kappa shape index (κ3) is 3.52. The standard InChI is InChI=1S/C10H12N2.C2H6/c1-8-4-5-12-7-10(8)9(2)6-11-3;1-2/h4-7H,3H2,1-2H3;1-2H3/b9-6+;. The third-order valence-electron chi connectivity index (χ3n) is 1.75. The highest BCUT2D eigenvalue weighted by Gasteiger charge is 1.97. The van der Waals surface area contributed by atoms with E-state index in [0.29, 0.717) is 0 Å². The van der Waals surface area contributed by atoms with Crippen LogP contribution in [0.5, 0.6) is 0 Å². The minimum Gasteiger partial charge on any atom is -0.272 e. The van der Waals surface area contributed by atoms with Gasteiger partial charge in [-0.2, -0.15) is 0 Å². The Balaban J connectivity index is 0.000000791. The van der Waals surface area contributed by atoms with E-state index in [4.69, 9.17) is 0 Å². The molecule has 0 radical (unpaired) electrons. The smallest absolute Gasteiger partial charge is 0.0346 e. The lowest BCUT2D eigenvalue weighted by Crippen LogP contribution is -1.86. The van der Waals surface area contributed by atoms with Crippen molar-refractivity contribution in [2.75, 3.05) is 0 Å². The molecule has 0 saturated heterocycles. The van der Waals surface area contributed by atoms with Crippen LogP contribution in [0.3, 0.4) is 0 Å². The second kappa shape index (κ2) is 7.01. The van der Waals surface area contributed by atoms with Crippen molar-refractivity contribution in [1.29, 1.82) is 0 Å². The van der Waals surface area contributed by atoms with Gasteiger partial charge in [0.1, 0.15) is 0 Å². The summed E-state index contributed by atoms with van der Waals surface area (Å²) >= 11 is 0. The lowest BCUT2D eigenvalue weighted by molar-refractivity contribution is 1.25. The molecule has 0 aliphatic carbocycles. The average molecular weight is 190 g/mol. The van der Waals surface area contributed by atoms with Gasteiger partial charge in [0, 0.05) is 24.2 Å². The van der Waals surface area contributed by atoms with Gasteiger partial charge < -0.3 is 0 Å². The summed E-state index contributed by atoms with van der Waals surface area (Å²) in [6.45, 7) is 11.5. The SMILES string of the molecule is C=N/C=C(\C)c1cnccc1C.CC. The van der Waals surface area contributed by atoms with Gasteiger partial charge in [-0.3, -0.25) is 9.98 Å². The van der Waals surface area contributed by atoms with Crippen molar-refractivity contribution in [3.05, 3.63) is 35.8 Å². The Morgan fingerprint density at radius 1 is 1.50 bits per heavy atom. The summed E-state index contributed by atoms with van der Waals surface area (Å²) in [6, 6.07) is 1.98. The van der Waals surface area contributed by atoms with E-state index in [-0.39, 0.29) is 0 Å². The molecule has 1 aromatic heterocycles. The van der Waals surface area contributed by atoms with Crippen LogP contribution in [-0.4, -0.2) is 11.7 Å². The number of aliphatic imine (C=N–C) groups is 1. The van der Waals surface area contributed by atoms with Gasteiger partial charge in [-0.15, -0.1) is 0 Å². The van der Waals surface area contributed by atoms with E-state index < -0.39 is 0 Å². The van der Waals surface area contributed by atoms with Crippen molar-refractivity contribution in [2.45, 2.75) is 27.7 Å². The quantitative estimate of drug-likeness (QED) is 0.655. The Kier molecular flexibility index (Phi) is 6.29. The van der Waals surface area contributed by atoms with Crippen LogP contribution in [0.15, 0.2) is 29.7 Å². The van der Waals surface area contributed by atoms with E-state index in [0.717, 1.165) is 11.1 Å². The van der Waals surface area contributed by atoms with Crippen LogP contribution in [0, 0.1) is 6.92 Å². The zero-order chi connectivity index (χ0) is 11.0. The number of allylic oxidation sites excluding steroid dienone is 1. The molecule has 0 spiro atoms. The van der Waals surface area contributed by atoms with Crippen LogP contribution < -0.4 is 0 Å². The maximum atomic E-state index is 4.05. The average Bonchev–Trinajstić information content (AvgIpc) is 2.22. The Morgan fingerprint density at radius 3 is 2.64 bits per heavy atom. The molecule has 0 N–H and O–H groups in total. The second-order valence-corrected chi connectivity index (χ2v) is 2.69. The summed E-state index contributed by atoms with van der Waals surface area (Å²) < 4.78 is 0. The molecule has 2 heteroatoms. The maximum Gasteiger partial charge on any atom is 0.0346 e. The lowest BCUT2D eigenvalue weighted by atomic mass is 10.1. The van der Waals surface area contributed by atoms with Crippen LogP contribution in [0.25, 0.3) is 5.57 Å². The fourth-order valence-corrected chi connectivity index (χ4v) is 1.08. The fraction of sp³-hybridized carbons (Fsp3) is 0.333. The first kappa shape index (κ1) is 12.6. The van der Waals surface area contributed by atoms with Gasteiger partial charge >= 0.3 is 0 Å². The topological polar surface area (TPSA) is 25.2 Å². The van der Waals surface area contributed by atoms with Crippen molar-refractivity contribution in [3.8, 4) is 0 Å². The number of aryl methyl sites for hydroxylation is 1. The summed E-state index contributed by atoms with van der Waals surface area (Å²) in [5.74, 6) is 0. The fourth-order valence-electron chi connectivity index (χ4n) is 1.08. The number of hydrogen-bond donors (Lipinski definition) is 0. The van der Waals surface area contributed by atoms with E-state index >= 15 is 0 Å². The predicted molar refractivity (Wildman–Crippen MR) is 63.5 cm³/mol. The van der Waals surface area contributed by atoms with Gasteiger partial charge in [-0.05, 0) is 37.8 Å². The van der Waals surface area contributed by atoms with Crippen LogP contribution in [0.2, 0.25) is 0 Å². The predicted octanol–water partition coefficient (Wildman–Crippen LogP) is 3.48. The van der Waals surface area contributed by atoms with E-state index in [1.54, 1.807) is 12.4 Å². The first-order valence-electron chi connectivity index (χ1n) is 4.79. The van der Waals surface area contributed by atoms with Crippen LogP contribution in [-0.2, 0) is 0 Å². The van der Waals surface area contributed by atoms with E-state index in [1.807, 2.05) is 33.0 Å². The summed E-state index contributed by atoms with van der Waals surface area (Å²) in [7, 11) is 0. The molecule has 76 valence electrons. The highest BCUT2D eigenvalue weighted by Crippen LogP contribution is 2.16. The zero-order valence-electron chi connectivity index (χ0n) is 9.41. The number of pyridine rings is 1. The summed E-state index contributed by atoms with van der Waals surface area (Å²) in [6.07, 6.45) is 5.36. The van der Waals surface area contributed by atoms with Gasteiger partial charge in [0.05, 0.1) is 0 Å². The molecule has 2 nitrogen and oxygen atoms in total. The summed E-state index contributed by atoms with van der Waals surface area (Å²) in [4.78, 5) is 7.76. The van der Waals surface area contributed by atoms with Crippen LogP contribution in [0.1, 0.15) is 31.9 Å². The van der Waals surface area contributed by atoms with Crippen molar-refractivity contribution in [1.82, 2.24) is 4.98 Å². The van der Waals surface area contributed by atoms with Gasteiger partial charge in [0.2, 0.25) is 0 Å². The first-order valence-corrected chi connectivity index (χ1v) is 4.79. The molecular formula is C12H18N2. The van der Waals surface area contributed by atoms with Crippen molar-refractivity contribution in [3.63, 3.8) is 0 Å². The lowest BCUT2D eigenvalue weighted by Gasteiger charge is -2.02. The molecule has 1 heterocycles. The largest absolute Gasteiger partial charge is 0.272 e. The molecule has 0 bridgehead atoms. The van der Waals surface area contributed by atoms with Crippen LogP contribution >= 0.6 is 0 Å². The number of hydrogen-bond acceptors (Lipinski definition) is 2. The minimum atomic E-state index is 1.09. The molecule has 0 aliphatic heterocycles. The monoisotopic (exact) mass is 190 g/mol. The Morgan fingerprint density at radius 2 is 2.14 bits per heavy atom. The Hall–Kier alpha value is -1.44. The van der Waals surface area contributed by atoms with Gasteiger partial charge in [0.15, 0.2) is 0 Å². The zero-order valence-corrected chi connectivity index (χ0v) is 9.41. The molecule has 1 aromatic rings. The summed E-state index contributed by atoms with van der Waals surface area (Å²) in [5.41, 5.74) is 3.43. The van der Waals surface area contributed by atoms with E-state index in [9.17, 15) is 0 Å². The molecule has 0 fully saturated rings. The van der Waals surface area contributed by atoms with Gasteiger partial charge in [-0.1, -0.05) is 13.8 Å². The Labute approximate surface area is 86.4 Å². The molecule has 0 amide bonds.